The van der Waals surface area contributed by atoms with E-state index in [0.29, 0.717) is 18.4 Å². The van der Waals surface area contributed by atoms with Crippen molar-refractivity contribution in [3.63, 3.8) is 0 Å². The Morgan fingerprint density at radius 1 is 1.00 bits per heavy atom. The van der Waals surface area contributed by atoms with Crippen LogP contribution in [-0.2, 0) is 4.79 Å². The molecule has 1 amide bonds. The first-order valence-electron chi connectivity index (χ1n) is 11.9. The number of aryl methyl sites for hydroxylation is 1. The number of hydrogen-bond acceptors (Lipinski definition) is 4. The smallest absolute Gasteiger partial charge is 0.222 e. The third kappa shape index (κ3) is 7.38. The number of amides is 1. The molecule has 2 aromatic carbocycles. The summed E-state index contributed by atoms with van der Waals surface area (Å²) in [6.07, 6.45) is 3.58. The van der Waals surface area contributed by atoms with Crippen molar-refractivity contribution in [3.8, 4) is 0 Å². The van der Waals surface area contributed by atoms with Gasteiger partial charge in [0.2, 0.25) is 5.91 Å². The van der Waals surface area contributed by atoms with Gasteiger partial charge in [-0.3, -0.25) is 9.69 Å². The molecule has 0 aliphatic carbocycles. The Hall–Kier alpha value is -2.24. The van der Waals surface area contributed by atoms with Crippen LogP contribution in [0.3, 0.4) is 0 Å². The van der Waals surface area contributed by atoms with Crippen LogP contribution in [0.4, 0.5) is 11.4 Å². The number of nitrogens with one attached hydrogen (secondary N) is 1. The average Bonchev–Trinajstić information content (AvgIpc) is 2.81. The Bertz CT molecular complexity index is 872. The molecule has 33 heavy (non-hydrogen) atoms. The Labute approximate surface area is 204 Å². The van der Waals surface area contributed by atoms with Crippen LogP contribution in [0.5, 0.6) is 0 Å². The molecule has 2 aromatic rings. The molecule has 2 heterocycles. The minimum absolute atomic E-state index is 0. The van der Waals surface area contributed by atoms with Gasteiger partial charge in [-0.1, -0.05) is 42.8 Å². The van der Waals surface area contributed by atoms with Gasteiger partial charge in [0.1, 0.15) is 0 Å². The normalized spacial score (nSPS) is 17.5. The number of hydrogen-bond donors (Lipinski definition) is 1. The summed E-state index contributed by atoms with van der Waals surface area (Å²) >= 11 is 6.07. The molecule has 0 atom stereocenters. The highest BCUT2D eigenvalue weighted by atomic mass is 35.5. The van der Waals surface area contributed by atoms with Gasteiger partial charge in [-0.2, -0.15) is 0 Å². The first-order chi connectivity index (χ1) is 15.6. The number of likely N-dealkylation sites (tertiary alicyclic amines) is 1. The van der Waals surface area contributed by atoms with E-state index >= 15 is 0 Å². The highest BCUT2D eigenvalue weighted by molar-refractivity contribution is 6.30. The number of benzene rings is 2. The zero-order valence-corrected chi connectivity index (χ0v) is 19.9. The van der Waals surface area contributed by atoms with Crippen molar-refractivity contribution < 1.29 is 4.79 Å². The lowest BCUT2D eigenvalue weighted by molar-refractivity contribution is -0.132. The second kappa shape index (κ2) is 12.3. The van der Waals surface area contributed by atoms with Crippen LogP contribution >= 0.6 is 11.6 Å². The van der Waals surface area contributed by atoms with Gasteiger partial charge >= 0.3 is 0 Å². The summed E-state index contributed by atoms with van der Waals surface area (Å²) in [4.78, 5) is 19.7. The van der Waals surface area contributed by atoms with Gasteiger partial charge in [-0.15, -0.1) is 0 Å². The first-order valence-corrected chi connectivity index (χ1v) is 12.3. The van der Waals surface area contributed by atoms with Gasteiger partial charge in [0.25, 0.3) is 0 Å². The molecule has 0 saturated carbocycles. The van der Waals surface area contributed by atoms with Gasteiger partial charge in [0.05, 0.1) is 0 Å². The molecule has 180 valence electrons. The Morgan fingerprint density at radius 3 is 2.36 bits per heavy atom. The fourth-order valence-corrected chi connectivity index (χ4v) is 4.87. The van der Waals surface area contributed by atoms with Crippen LogP contribution < -0.4 is 10.2 Å². The van der Waals surface area contributed by atoms with Crippen LogP contribution in [-0.4, -0.2) is 67.6 Å². The molecule has 0 spiro atoms. The van der Waals surface area contributed by atoms with Crippen LogP contribution in [0, 0.1) is 6.92 Å². The maximum Gasteiger partial charge on any atom is 0.222 e. The second-order valence-corrected chi connectivity index (χ2v) is 9.51. The number of piperidine rings is 1. The van der Waals surface area contributed by atoms with Gasteiger partial charge in [0, 0.05) is 68.1 Å². The Morgan fingerprint density at radius 2 is 1.70 bits per heavy atom. The highest BCUT2D eigenvalue weighted by Gasteiger charge is 2.23. The molecule has 1 N–H and O–H groups in total. The Kier molecular flexibility index (Phi) is 9.45. The number of carbonyl (C=O) groups is 1. The average molecular weight is 471 g/mol. The summed E-state index contributed by atoms with van der Waals surface area (Å²) in [5, 5.41) is 4.30. The molecular weight excluding hydrogens is 432 g/mol. The van der Waals surface area contributed by atoms with Gasteiger partial charge in [-0.05, 0) is 63.1 Å². The maximum atomic E-state index is 12.7. The fraction of sp³-hybridized carbons (Fsp3) is 0.519. The third-order valence-corrected chi connectivity index (χ3v) is 6.91. The summed E-state index contributed by atoms with van der Waals surface area (Å²) in [5.74, 6) is 0.310. The molecule has 0 aromatic heterocycles. The van der Waals surface area contributed by atoms with Crippen molar-refractivity contribution in [2.24, 2.45) is 0 Å². The summed E-state index contributed by atoms with van der Waals surface area (Å²) in [7, 11) is 0. The predicted molar refractivity (Wildman–Crippen MR) is 140 cm³/mol. The molecule has 6 heteroatoms. The van der Waals surface area contributed by atoms with Crippen LogP contribution in [0.15, 0.2) is 48.5 Å². The van der Waals surface area contributed by atoms with E-state index in [1.165, 1.54) is 11.3 Å². The van der Waals surface area contributed by atoms with Crippen LogP contribution in [0.25, 0.3) is 0 Å². The number of anilines is 2. The van der Waals surface area contributed by atoms with Crippen molar-refractivity contribution in [1.82, 2.24) is 9.80 Å². The molecule has 4 rings (SSSR count). The van der Waals surface area contributed by atoms with Gasteiger partial charge in [0.15, 0.2) is 0 Å². The number of halogens is 1. The van der Waals surface area contributed by atoms with E-state index < -0.39 is 0 Å². The number of piperazine rings is 1. The van der Waals surface area contributed by atoms with Crippen LogP contribution in [0.2, 0.25) is 5.02 Å². The molecule has 2 fully saturated rings. The topological polar surface area (TPSA) is 38.8 Å². The molecule has 2 aliphatic heterocycles. The van der Waals surface area contributed by atoms with Crippen molar-refractivity contribution in [1.29, 1.82) is 0 Å². The van der Waals surface area contributed by atoms with E-state index in [0.717, 1.165) is 75.8 Å². The quantitative estimate of drug-likeness (QED) is 0.596. The van der Waals surface area contributed by atoms with E-state index in [1.807, 2.05) is 29.2 Å². The molecule has 5 nitrogen and oxygen atoms in total. The number of rotatable bonds is 7. The standard InChI is InChI=1S/C26H35ClN4O.CH4/c1-21-7-9-25(10-8-21)30-18-16-29(17-19-30)13-3-6-26(32)31-14-11-23(12-15-31)28-24-5-2-4-22(27)20-24;/h2,4-5,7-10,20,23,28H,3,6,11-19H2,1H3;1H4. The van der Waals surface area contributed by atoms with E-state index in [1.54, 1.807) is 0 Å². The third-order valence-electron chi connectivity index (χ3n) is 6.68. The summed E-state index contributed by atoms with van der Waals surface area (Å²) in [6, 6.07) is 17.1. The van der Waals surface area contributed by atoms with Crippen molar-refractivity contribution in [2.75, 3.05) is 56.0 Å². The van der Waals surface area contributed by atoms with E-state index in [4.69, 9.17) is 11.6 Å². The molecule has 2 aliphatic rings. The van der Waals surface area contributed by atoms with Crippen molar-refractivity contribution in [3.05, 3.63) is 59.1 Å². The minimum Gasteiger partial charge on any atom is -0.382 e. The monoisotopic (exact) mass is 470 g/mol. The molecule has 0 radical (unpaired) electrons. The first kappa shape index (κ1) is 25.4. The second-order valence-electron chi connectivity index (χ2n) is 9.08. The molecular formula is C27H39ClN4O. The predicted octanol–water partition coefficient (Wildman–Crippen LogP) is 5.29. The highest BCUT2D eigenvalue weighted by Crippen LogP contribution is 2.21. The van der Waals surface area contributed by atoms with E-state index in [2.05, 4.69) is 46.3 Å². The summed E-state index contributed by atoms with van der Waals surface area (Å²) in [6.45, 7) is 9.08. The van der Waals surface area contributed by atoms with Crippen LogP contribution in [0.1, 0.15) is 38.7 Å². The van der Waals surface area contributed by atoms with Gasteiger partial charge in [-0.25, -0.2) is 0 Å². The largest absolute Gasteiger partial charge is 0.382 e. The maximum absolute atomic E-state index is 12.7. The zero-order valence-electron chi connectivity index (χ0n) is 19.1. The molecule has 0 bridgehead atoms. The van der Waals surface area contributed by atoms with Crippen molar-refractivity contribution in [2.45, 2.75) is 46.1 Å². The van der Waals surface area contributed by atoms with Gasteiger partial charge < -0.3 is 15.1 Å². The Balaban J connectivity index is 0.00000306. The molecule has 2 saturated heterocycles. The SMILES string of the molecule is C.Cc1ccc(N2CCN(CCCC(=O)N3CCC(Nc4cccc(Cl)c4)CC3)CC2)cc1. The summed E-state index contributed by atoms with van der Waals surface area (Å²) in [5.41, 5.74) is 3.68. The molecule has 0 unspecified atom stereocenters. The van der Waals surface area contributed by atoms with E-state index in [-0.39, 0.29) is 7.43 Å². The summed E-state index contributed by atoms with van der Waals surface area (Å²) < 4.78 is 0. The lowest BCUT2D eigenvalue weighted by atomic mass is 10.0. The lowest BCUT2D eigenvalue weighted by Crippen LogP contribution is -2.47. The number of nitrogens with zero attached hydrogens (tertiary/aromatic N) is 3. The number of carbonyl (C=O) groups excluding carboxylic acids is 1. The zero-order chi connectivity index (χ0) is 22.3. The van der Waals surface area contributed by atoms with E-state index in [9.17, 15) is 4.79 Å². The minimum atomic E-state index is 0. The fourth-order valence-electron chi connectivity index (χ4n) is 4.68. The van der Waals surface area contributed by atoms with Crippen molar-refractivity contribution >= 4 is 28.9 Å². The lowest BCUT2D eigenvalue weighted by Gasteiger charge is -2.36.